The second-order valence-corrected chi connectivity index (χ2v) is 6.74. The van der Waals surface area contributed by atoms with E-state index in [1.807, 2.05) is 45.9 Å². The molecule has 0 spiro atoms. The van der Waals surface area contributed by atoms with Crippen molar-refractivity contribution in [3.05, 3.63) is 47.5 Å². The average Bonchev–Trinajstić information content (AvgIpc) is 3.07. The molecule has 2 rings (SSSR count). The highest BCUT2D eigenvalue weighted by Crippen LogP contribution is 2.30. The van der Waals surface area contributed by atoms with Crippen molar-refractivity contribution in [2.24, 2.45) is 0 Å². The Bertz CT molecular complexity index is 794. The van der Waals surface area contributed by atoms with Gasteiger partial charge >= 0.3 is 0 Å². The first-order chi connectivity index (χ1) is 12.0. The zero-order valence-corrected chi connectivity index (χ0v) is 15.1. The molecule has 8 heteroatoms. The molecule has 0 unspecified atom stereocenters. The first kappa shape index (κ1) is 20.7. The van der Waals surface area contributed by atoms with Crippen LogP contribution in [-0.2, 0) is 17.4 Å². The molecule has 0 amide bonds. The summed E-state index contributed by atoms with van der Waals surface area (Å²) in [4.78, 5) is 12.3. The first-order valence-corrected chi connectivity index (χ1v) is 7.69. The Kier molecular flexibility index (Phi) is 6.46. The van der Waals surface area contributed by atoms with Gasteiger partial charge in [-0.25, -0.2) is 9.67 Å². The van der Waals surface area contributed by atoms with Crippen LogP contribution in [0.4, 0.5) is 4.79 Å². The minimum Gasteiger partial charge on any atom is -0.652 e. The molecule has 0 bridgehead atoms. The van der Waals surface area contributed by atoms with Crippen molar-refractivity contribution in [1.29, 1.82) is 10.5 Å². The van der Waals surface area contributed by atoms with Crippen LogP contribution in [0.1, 0.15) is 44.4 Å². The van der Waals surface area contributed by atoms with Crippen molar-refractivity contribution < 1.29 is 15.0 Å². The monoisotopic (exact) mass is 353 g/mol. The molecular weight excluding hydrogens is 334 g/mol. The molecule has 1 aromatic carbocycles. The van der Waals surface area contributed by atoms with Gasteiger partial charge in [-0.1, -0.05) is 18.2 Å². The molecule has 0 saturated carbocycles. The summed E-state index contributed by atoms with van der Waals surface area (Å²) >= 11 is 0. The summed E-state index contributed by atoms with van der Waals surface area (Å²) in [5, 5.41) is 39.6. The normalized spacial score (nSPS) is 10.8. The lowest BCUT2D eigenvalue weighted by Gasteiger charge is -2.23. The molecule has 0 aliphatic carbocycles. The zero-order chi connectivity index (χ0) is 20.0. The van der Waals surface area contributed by atoms with Crippen LogP contribution in [-0.4, -0.2) is 20.9 Å². The molecule has 1 heterocycles. The number of nitrogens with zero attached hydrogens (tertiary/aromatic N) is 5. The molecule has 2 aromatic rings. The van der Waals surface area contributed by atoms with Gasteiger partial charge < -0.3 is 15.0 Å². The number of nitriles is 2. The van der Waals surface area contributed by atoms with Gasteiger partial charge in [-0.15, -0.1) is 0 Å². The second-order valence-electron chi connectivity index (χ2n) is 6.74. The molecule has 1 aromatic heterocycles. The Labute approximate surface area is 152 Å². The maximum atomic E-state index is 9.40. The summed E-state index contributed by atoms with van der Waals surface area (Å²) in [6.07, 6.45) is 0.806. The fraction of sp³-hybridized carbons (Fsp3) is 0.389. The highest BCUT2D eigenvalue weighted by atomic mass is 16.6. The van der Waals surface area contributed by atoms with Gasteiger partial charge in [-0.3, -0.25) is 0 Å². The van der Waals surface area contributed by atoms with Crippen molar-refractivity contribution in [3.8, 4) is 12.1 Å². The summed E-state index contributed by atoms with van der Waals surface area (Å²) in [5.41, 5.74) is 1.60. The molecule has 0 radical (unpaired) electrons. The van der Waals surface area contributed by atoms with Crippen LogP contribution in [0.3, 0.4) is 0 Å². The van der Waals surface area contributed by atoms with Crippen LogP contribution >= 0.6 is 0 Å². The Morgan fingerprint density at radius 3 is 1.88 bits per heavy atom. The number of carboxylic acid groups (broad SMARTS) is 2. The number of carbonyl (C=O) groups excluding carboxylic acids is 1. The Morgan fingerprint density at radius 2 is 1.54 bits per heavy atom. The first-order valence-electron chi connectivity index (χ1n) is 7.69. The molecular formula is C18H19N5O3-2. The molecule has 0 saturated heterocycles. The van der Waals surface area contributed by atoms with E-state index in [4.69, 9.17) is 15.0 Å². The predicted octanol–water partition coefficient (Wildman–Crippen LogP) is 0.482. The molecule has 0 aliphatic rings. The molecule has 136 valence electrons. The van der Waals surface area contributed by atoms with Gasteiger partial charge in [-0.2, -0.15) is 15.6 Å². The Hall–Kier alpha value is -3.39. The van der Waals surface area contributed by atoms with Crippen molar-refractivity contribution >= 4 is 6.16 Å². The highest BCUT2D eigenvalue weighted by molar-refractivity contribution is 5.47. The van der Waals surface area contributed by atoms with Gasteiger partial charge in [0.05, 0.1) is 29.5 Å². The number of carbonyl (C=O) groups is 1. The third-order valence-electron chi connectivity index (χ3n) is 3.81. The number of rotatable bonds is 4. The van der Waals surface area contributed by atoms with Gasteiger partial charge in [0.25, 0.3) is 0 Å². The maximum absolute atomic E-state index is 9.40. The van der Waals surface area contributed by atoms with E-state index >= 15 is 0 Å². The van der Waals surface area contributed by atoms with Gasteiger partial charge in [0.2, 0.25) is 0 Å². The lowest BCUT2D eigenvalue weighted by Crippen LogP contribution is -2.37. The summed E-state index contributed by atoms with van der Waals surface area (Å²) in [5.74, 6) is 0. The smallest absolute Gasteiger partial charge is 0.137 e. The SMILES string of the molecule is CC(C)(C#N)c1cc(Cn2cncn2)cc(C(C)(C)C#N)c1.O=C([O-])[O-]. The average molecular weight is 353 g/mol. The van der Waals surface area contributed by atoms with E-state index < -0.39 is 17.0 Å². The van der Waals surface area contributed by atoms with Crippen LogP contribution < -0.4 is 10.2 Å². The van der Waals surface area contributed by atoms with Gasteiger partial charge in [0.15, 0.2) is 0 Å². The molecule has 0 aliphatic heterocycles. The highest BCUT2D eigenvalue weighted by Gasteiger charge is 2.26. The van der Waals surface area contributed by atoms with Crippen LogP contribution in [0.2, 0.25) is 0 Å². The number of hydrogen-bond donors (Lipinski definition) is 0. The third kappa shape index (κ3) is 5.60. The molecule has 8 nitrogen and oxygen atoms in total. The maximum Gasteiger partial charge on any atom is 0.137 e. The van der Waals surface area contributed by atoms with E-state index in [9.17, 15) is 10.5 Å². The fourth-order valence-electron chi connectivity index (χ4n) is 2.14. The van der Waals surface area contributed by atoms with Crippen LogP contribution in [0.5, 0.6) is 0 Å². The molecule has 26 heavy (non-hydrogen) atoms. The molecule has 0 N–H and O–H groups in total. The number of aromatic nitrogens is 3. The summed E-state index contributed by atoms with van der Waals surface area (Å²) in [7, 11) is 0. The van der Waals surface area contributed by atoms with Gasteiger partial charge in [0.1, 0.15) is 12.7 Å². The van der Waals surface area contributed by atoms with Crippen LogP contribution in [0, 0.1) is 22.7 Å². The third-order valence-corrected chi connectivity index (χ3v) is 3.81. The topological polar surface area (TPSA) is 141 Å². The largest absolute Gasteiger partial charge is 0.652 e. The van der Waals surface area contributed by atoms with E-state index in [2.05, 4.69) is 22.2 Å². The standard InChI is InChI=1S/C17H19N5.CH2O3/c1-16(2,9-18)14-5-13(8-22-12-20-11-21-22)6-15(7-14)17(3,4)10-19;2-1(3)4/h5-7,11-12H,8H2,1-4H3;(H2,2,3,4)/p-2. The lowest BCUT2D eigenvalue weighted by molar-refractivity contribution is -0.415. The minimum absolute atomic E-state index is 0.559. The summed E-state index contributed by atoms with van der Waals surface area (Å²) in [6.45, 7) is 8.08. The molecule has 0 atom stereocenters. The zero-order valence-electron chi connectivity index (χ0n) is 15.1. The quantitative estimate of drug-likeness (QED) is 0.778. The van der Waals surface area contributed by atoms with Crippen LogP contribution in [0.25, 0.3) is 0 Å². The summed E-state index contributed by atoms with van der Waals surface area (Å²) in [6, 6.07) is 10.6. The fourth-order valence-corrected chi connectivity index (χ4v) is 2.14. The lowest BCUT2D eigenvalue weighted by atomic mass is 9.79. The minimum atomic E-state index is -2.33. The van der Waals surface area contributed by atoms with Crippen molar-refractivity contribution in [2.75, 3.05) is 0 Å². The second kappa shape index (κ2) is 8.13. The summed E-state index contributed by atoms with van der Waals surface area (Å²) < 4.78 is 1.72. The molecule has 0 fully saturated rings. The Balaban J connectivity index is 0.000000765. The Morgan fingerprint density at radius 1 is 1.08 bits per heavy atom. The van der Waals surface area contributed by atoms with Crippen molar-refractivity contribution in [1.82, 2.24) is 14.8 Å². The number of benzene rings is 1. The van der Waals surface area contributed by atoms with E-state index in [0.29, 0.717) is 6.54 Å². The number of hydrogen-bond acceptors (Lipinski definition) is 7. The van der Waals surface area contributed by atoms with Crippen molar-refractivity contribution in [2.45, 2.75) is 45.1 Å². The van der Waals surface area contributed by atoms with E-state index in [1.165, 1.54) is 6.33 Å². The van der Waals surface area contributed by atoms with Crippen LogP contribution in [0.15, 0.2) is 30.9 Å². The van der Waals surface area contributed by atoms with Gasteiger partial charge in [-0.05, 0) is 50.5 Å². The van der Waals surface area contributed by atoms with E-state index in [1.54, 1.807) is 11.0 Å². The van der Waals surface area contributed by atoms with E-state index in [-0.39, 0.29) is 0 Å². The van der Waals surface area contributed by atoms with Gasteiger partial charge in [0, 0.05) is 0 Å². The van der Waals surface area contributed by atoms with Crippen molar-refractivity contribution in [3.63, 3.8) is 0 Å². The predicted molar refractivity (Wildman–Crippen MR) is 88.2 cm³/mol. The van der Waals surface area contributed by atoms with E-state index in [0.717, 1.165) is 16.7 Å².